The molecule has 2 rings (SSSR count). The lowest BCUT2D eigenvalue weighted by atomic mass is 10.1. The zero-order chi connectivity index (χ0) is 16.5. The maximum atomic E-state index is 13.7. The molecule has 2 aromatic rings. The second kappa shape index (κ2) is 5.76. The molecule has 2 N–H and O–H groups in total. The minimum Gasteiger partial charge on any atom is -0.478 e. The Labute approximate surface area is 127 Å². The van der Waals surface area contributed by atoms with Crippen LogP contribution in [0.4, 0.5) is 10.1 Å². The third-order valence-corrected chi connectivity index (χ3v) is 4.48. The van der Waals surface area contributed by atoms with Gasteiger partial charge in [0.15, 0.2) is 0 Å². The Hall–Kier alpha value is -2.41. The molecule has 0 spiro atoms. The van der Waals surface area contributed by atoms with Gasteiger partial charge in [0.2, 0.25) is 0 Å². The third-order valence-electron chi connectivity index (χ3n) is 3.12. The maximum Gasteiger partial charge on any atom is 0.335 e. The van der Waals surface area contributed by atoms with E-state index in [1.165, 1.54) is 24.3 Å². The number of anilines is 1. The summed E-state index contributed by atoms with van der Waals surface area (Å²) < 4.78 is 40.4. The van der Waals surface area contributed by atoms with Crippen LogP contribution in [0.2, 0.25) is 0 Å². The number of carboxylic acid groups (broad SMARTS) is 1. The molecule has 0 amide bonds. The van der Waals surface area contributed by atoms with Crippen molar-refractivity contribution in [3.8, 4) is 0 Å². The number of carboxylic acids is 1. The summed E-state index contributed by atoms with van der Waals surface area (Å²) in [5.41, 5.74) is 0.826. The van der Waals surface area contributed by atoms with Gasteiger partial charge >= 0.3 is 5.97 Å². The van der Waals surface area contributed by atoms with Crippen molar-refractivity contribution in [2.75, 3.05) is 4.72 Å². The number of aryl methyl sites for hydroxylation is 2. The summed E-state index contributed by atoms with van der Waals surface area (Å²) in [5, 5.41) is 9.05. The molecule has 22 heavy (non-hydrogen) atoms. The fraction of sp³-hybridized carbons (Fsp3) is 0.133. The molecule has 0 unspecified atom stereocenters. The van der Waals surface area contributed by atoms with Crippen molar-refractivity contribution in [2.45, 2.75) is 18.7 Å². The Morgan fingerprint density at radius 1 is 1.14 bits per heavy atom. The molecule has 2 aromatic carbocycles. The summed E-state index contributed by atoms with van der Waals surface area (Å²) >= 11 is 0. The number of hydrogen-bond donors (Lipinski definition) is 2. The van der Waals surface area contributed by atoms with Gasteiger partial charge in [0.25, 0.3) is 10.0 Å². The van der Waals surface area contributed by atoms with Gasteiger partial charge in [-0.2, -0.15) is 0 Å². The standard InChI is InChI=1S/C15H14FNO4S/c1-9-3-6-13(16)14(7-9)17-22(20,21)11-5-4-10(2)12(8-11)15(18)19/h3-8,17H,1-2H3,(H,18,19). The predicted molar refractivity (Wildman–Crippen MR) is 80.1 cm³/mol. The van der Waals surface area contributed by atoms with E-state index in [2.05, 4.69) is 4.72 Å². The van der Waals surface area contributed by atoms with Crippen LogP contribution in [0.1, 0.15) is 21.5 Å². The summed E-state index contributed by atoms with van der Waals surface area (Å²) in [6, 6.07) is 7.75. The molecule has 0 bridgehead atoms. The first-order valence-electron chi connectivity index (χ1n) is 6.33. The van der Waals surface area contributed by atoms with Crippen LogP contribution in [0.25, 0.3) is 0 Å². The normalized spacial score (nSPS) is 11.2. The molecule has 0 atom stereocenters. The third kappa shape index (κ3) is 3.25. The lowest BCUT2D eigenvalue weighted by molar-refractivity contribution is 0.0696. The maximum absolute atomic E-state index is 13.7. The topological polar surface area (TPSA) is 83.5 Å². The molecule has 0 aliphatic rings. The van der Waals surface area contributed by atoms with Gasteiger partial charge < -0.3 is 5.11 Å². The van der Waals surface area contributed by atoms with Crippen molar-refractivity contribution in [3.05, 3.63) is 58.9 Å². The first kappa shape index (κ1) is 16.0. The Morgan fingerprint density at radius 3 is 2.45 bits per heavy atom. The van der Waals surface area contributed by atoms with E-state index in [1.54, 1.807) is 13.8 Å². The highest BCUT2D eigenvalue weighted by atomic mass is 32.2. The van der Waals surface area contributed by atoms with Gasteiger partial charge in [-0.3, -0.25) is 4.72 Å². The second-order valence-corrected chi connectivity index (χ2v) is 6.55. The fourth-order valence-electron chi connectivity index (χ4n) is 1.92. The lowest BCUT2D eigenvalue weighted by Crippen LogP contribution is -2.15. The monoisotopic (exact) mass is 323 g/mol. The quantitative estimate of drug-likeness (QED) is 0.906. The van der Waals surface area contributed by atoms with Crippen LogP contribution >= 0.6 is 0 Å². The summed E-state index contributed by atoms with van der Waals surface area (Å²) in [6.07, 6.45) is 0. The van der Waals surface area contributed by atoms with Gasteiger partial charge in [0.1, 0.15) is 5.82 Å². The summed E-state index contributed by atoms with van der Waals surface area (Å²) in [5.74, 6) is -1.93. The first-order chi connectivity index (χ1) is 10.2. The van der Waals surface area contributed by atoms with E-state index in [9.17, 15) is 17.6 Å². The molecule has 7 heteroatoms. The Morgan fingerprint density at radius 2 is 1.82 bits per heavy atom. The van der Waals surface area contributed by atoms with E-state index >= 15 is 0 Å². The average molecular weight is 323 g/mol. The van der Waals surface area contributed by atoms with Gasteiger partial charge in [-0.05, 0) is 49.2 Å². The van der Waals surface area contributed by atoms with Crippen LogP contribution in [0.15, 0.2) is 41.3 Å². The van der Waals surface area contributed by atoms with Crippen molar-refractivity contribution < 1.29 is 22.7 Å². The summed E-state index contributed by atoms with van der Waals surface area (Å²) in [7, 11) is -4.08. The average Bonchev–Trinajstić information content (AvgIpc) is 2.42. The zero-order valence-electron chi connectivity index (χ0n) is 11.9. The number of aromatic carboxylic acids is 1. The molecule has 0 aromatic heterocycles. The molecule has 0 fully saturated rings. The molecule has 0 aliphatic heterocycles. The molecule has 0 aliphatic carbocycles. The van der Waals surface area contributed by atoms with E-state index in [-0.39, 0.29) is 16.1 Å². The van der Waals surface area contributed by atoms with E-state index in [4.69, 9.17) is 5.11 Å². The van der Waals surface area contributed by atoms with Crippen molar-refractivity contribution in [3.63, 3.8) is 0 Å². The Balaban J connectivity index is 2.45. The highest BCUT2D eigenvalue weighted by Gasteiger charge is 2.19. The second-order valence-electron chi connectivity index (χ2n) is 4.87. The zero-order valence-corrected chi connectivity index (χ0v) is 12.7. The van der Waals surface area contributed by atoms with Crippen LogP contribution in [-0.2, 0) is 10.0 Å². The van der Waals surface area contributed by atoms with Crippen LogP contribution in [0.3, 0.4) is 0 Å². The number of sulfonamides is 1. The van der Waals surface area contributed by atoms with Crippen LogP contribution in [0.5, 0.6) is 0 Å². The van der Waals surface area contributed by atoms with Gasteiger partial charge in [-0.15, -0.1) is 0 Å². The highest BCUT2D eigenvalue weighted by molar-refractivity contribution is 7.92. The number of nitrogens with one attached hydrogen (secondary N) is 1. The van der Waals surface area contributed by atoms with Crippen molar-refractivity contribution in [1.82, 2.24) is 0 Å². The molecule has 0 heterocycles. The largest absolute Gasteiger partial charge is 0.478 e. The minimum atomic E-state index is -4.08. The number of benzene rings is 2. The smallest absolute Gasteiger partial charge is 0.335 e. The predicted octanol–water partition coefficient (Wildman–Crippen LogP) is 2.94. The molecular weight excluding hydrogens is 309 g/mol. The van der Waals surface area contributed by atoms with Crippen molar-refractivity contribution in [1.29, 1.82) is 0 Å². The number of rotatable bonds is 4. The van der Waals surface area contributed by atoms with Gasteiger partial charge in [-0.1, -0.05) is 12.1 Å². The Bertz CT molecular complexity index is 847. The summed E-state index contributed by atoms with van der Waals surface area (Å²) in [6.45, 7) is 3.26. The highest BCUT2D eigenvalue weighted by Crippen LogP contribution is 2.22. The molecule has 116 valence electrons. The lowest BCUT2D eigenvalue weighted by Gasteiger charge is -2.11. The summed E-state index contributed by atoms with van der Waals surface area (Å²) in [4.78, 5) is 10.8. The van der Waals surface area contributed by atoms with E-state index in [1.807, 2.05) is 0 Å². The van der Waals surface area contributed by atoms with Gasteiger partial charge in [-0.25, -0.2) is 17.6 Å². The Kier molecular flexibility index (Phi) is 4.18. The van der Waals surface area contributed by atoms with E-state index < -0.39 is 21.8 Å². The molecule has 0 saturated carbocycles. The number of carbonyl (C=O) groups is 1. The van der Waals surface area contributed by atoms with Crippen LogP contribution < -0.4 is 4.72 Å². The molecule has 0 saturated heterocycles. The SMILES string of the molecule is Cc1ccc(F)c(NS(=O)(=O)c2ccc(C)c(C(=O)O)c2)c1. The first-order valence-corrected chi connectivity index (χ1v) is 7.82. The van der Waals surface area contributed by atoms with Crippen molar-refractivity contribution in [2.24, 2.45) is 0 Å². The fourth-order valence-corrected chi connectivity index (χ4v) is 3.00. The number of halogens is 1. The van der Waals surface area contributed by atoms with E-state index in [0.717, 1.165) is 12.1 Å². The van der Waals surface area contributed by atoms with Gasteiger partial charge in [0.05, 0.1) is 16.1 Å². The van der Waals surface area contributed by atoms with E-state index in [0.29, 0.717) is 11.1 Å². The van der Waals surface area contributed by atoms with Crippen molar-refractivity contribution >= 4 is 21.7 Å². The molecule has 0 radical (unpaired) electrons. The molecule has 5 nitrogen and oxygen atoms in total. The molecular formula is C15H14FNO4S. The number of hydrogen-bond acceptors (Lipinski definition) is 3. The van der Waals surface area contributed by atoms with Crippen LogP contribution in [-0.4, -0.2) is 19.5 Å². The van der Waals surface area contributed by atoms with Crippen LogP contribution in [0, 0.1) is 19.7 Å². The minimum absolute atomic E-state index is 0.118. The van der Waals surface area contributed by atoms with Gasteiger partial charge in [0, 0.05) is 0 Å².